The minimum atomic E-state index is 0.357. The molecule has 0 atom stereocenters. The van der Waals surface area contributed by atoms with Crippen LogP contribution >= 0.6 is 0 Å². The zero-order valence-corrected chi connectivity index (χ0v) is 5.62. The SMILES string of the molecule is N#CCNCCCN=[N+]=[N-]. The van der Waals surface area contributed by atoms with E-state index in [2.05, 4.69) is 15.3 Å². The predicted octanol–water partition coefficient (Wildman–Crippen LogP) is 0.800. The third kappa shape index (κ3) is 6.76. The fraction of sp³-hybridized carbons (Fsp3) is 0.800. The number of hydrogen-bond donors (Lipinski definition) is 1. The number of hydrogen-bond acceptors (Lipinski definition) is 3. The number of nitrogens with one attached hydrogen (secondary N) is 1. The van der Waals surface area contributed by atoms with Crippen LogP contribution in [0, 0.1) is 11.3 Å². The fourth-order valence-corrected chi connectivity index (χ4v) is 0.464. The Morgan fingerprint density at radius 1 is 1.70 bits per heavy atom. The van der Waals surface area contributed by atoms with Crippen LogP contribution in [0.2, 0.25) is 0 Å². The second kappa shape index (κ2) is 7.76. The van der Waals surface area contributed by atoms with Crippen molar-refractivity contribution in [2.24, 2.45) is 5.11 Å². The van der Waals surface area contributed by atoms with Crippen LogP contribution in [0.15, 0.2) is 5.11 Å². The molecule has 1 N–H and O–H groups in total. The van der Waals surface area contributed by atoms with Crippen molar-refractivity contribution in [3.63, 3.8) is 0 Å². The summed E-state index contributed by atoms with van der Waals surface area (Å²) in [5.74, 6) is 0. The van der Waals surface area contributed by atoms with Gasteiger partial charge in [-0.2, -0.15) is 5.26 Å². The third-order valence-corrected chi connectivity index (χ3v) is 0.879. The maximum absolute atomic E-state index is 8.07. The highest BCUT2D eigenvalue weighted by molar-refractivity contribution is 4.72. The van der Waals surface area contributed by atoms with Gasteiger partial charge in [0, 0.05) is 11.5 Å². The number of azide groups is 1. The largest absolute Gasteiger partial charge is 0.304 e. The lowest BCUT2D eigenvalue weighted by molar-refractivity contribution is 0.702. The molecule has 0 aliphatic heterocycles. The second-order valence-electron chi connectivity index (χ2n) is 1.64. The van der Waals surface area contributed by atoms with E-state index >= 15 is 0 Å². The Balaban J connectivity index is 2.92. The molecule has 0 spiro atoms. The molecule has 0 aliphatic carbocycles. The first-order valence-electron chi connectivity index (χ1n) is 3.00. The number of nitrogens with zero attached hydrogens (tertiary/aromatic N) is 4. The molecule has 0 bridgehead atoms. The third-order valence-electron chi connectivity index (χ3n) is 0.879. The van der Waals surface area contributed by atoms with E-state index in [0.29, 0.717) is 13.1 Å². The van der Waals surface area contributed by atoms with Gasteiger partial charge < -0.3 is 5.32 Å². The standard InChI is InChI=1S/C5H9N5/c6-2-5-8-3-1-4-9-10-7/h8H,1,3-5H2. The molecule has 0 rings (SSSR count). The lowest BCUT2D eigenvalue weighted by Gasteiger charge is -1.93. The minimum Gasteiger partial charge on any atom is -0.304 e. The van der Waals surface area contributed by atoms with Gasteiger partial charge in [0.1, 0.15) is 0 Å². The summed E-state index contributed by atoms with van der Waals surface area (Å²) in [6, 6.07) is 1.94. The zero-order chi connectivity index (χ0) is 7.66. The molecular weight excluding hydrogens is 130 g/mol. The maximum Gasteiger partial charge on any atom is 0.0840 e. The molecule has 0 amide bonds. The highest BCUT2D eigenvalue weighted by Crippen LogP contribution is 1.77. The Morgan fingerprint density at radius 3 is 3.10 bits per heavy atom. The molecular formula is C5H9N5. The molecule has 0 aliphatic rings. The van der Waals surface area contributed by atoms with Gasteiger partial charge in [-0.25, -0.2) is 0 Å². The van der Waals surface area contributed by atoms with Crippen LogP contribution in [0.1, 0.15) is 6.42 Å². The van der Waals surface area contributed by atoms with Gasteiger partial charge in [-0.3, -0.25) is 0 Å². The van der Waals surface area contributed by atoms with Crippen LogP contribution < -0.4 is 5.32 Å². The highest BCUT2D eigenvalue weighted by Gasteiger charge is 1.83. The van der Waals surface area contributed by atoms with Crippen LogP contribution in [0.5, 0.6) is 0 Å². The predicted molar refractivity (Wildman–Crippen MR) is 37.1 cm³/mol. The molecule has 0 unspecified atom stereocenters. The van der Waals surface area contributed by atoms with Gasteiger partial charge in [-0.15, -0.1) is 0 Å². The molecule has 0 fully saturated rings. The van der Waals surface area contributed by atoms with Crippen molar-refractivity contribution in [1.29, 1.82) is 5.26 Å². The molecule has 0 aromatic carbocycles. The highest BCUT2D eigenvalue weighted by atomic mass is 15.1. The van der Waals surface area contributed by atoms with E-state index in [1.54, 1.807) is 0 Å². The van der Waals surface area contributed by atoms with Gasteiger partial charge in [0.05, 0.1) is 12.6 Å². The molecule has 5 heteroatoms. The zero-order valence-electron chi connectivity index (χ0n) is 5.62. The first-order valence-corrected chi connectivity index (χ1v) is 3.00. The Bertz CT molecular complexity index is 152. The van der Waals surface area contributed by atoms with Crippen LogP contribution in [0.25, 0.3) is 10.4 Å². The van der Waals surface area contributed by atoms with Gasteiger partial charge in [-0.1, -0.05) is 5.11 Å². The summed E-state index contributed by atoms with van der Waals surface area (Å²) >= 11 is 0. The van der Waals surface area contributed by atoms with E-state index in [-0.39, 0.29) is 0 Å². The van der Waals surface area contributed by atoms with E-state index in [0.717, 1.165) is 13.0 Å². The van der Waals surface area contributed by atoms with Crippen LogP contribution in [-0.4, -0.2) is 19.6 Å². The average Bonchev–Trinajstić information content (AvgIpc) is 1.97. The summed E-state index contributed by atoms with van der Waals surface area (Å²) in [7, 11) is 0. The second-order valence-corrected chi connectivity index (χ2v) is 1.64. The average molecular weight is 139 g/mol. The van der Waals surface area contributed by atoms with Crippen molar-refractivity contribution >= 4 is 0 Å². The monoisotopic (exact) mass is 139 g/mol. The Labute approximate surface area is 59.3 Å². The Hall–Kier alpha value is -1.24. The van der Waals surface area contributed by atoms with Gasteiger partial charge >= 0.3 is 0 Å². The normalized spacial score (nSPS) is 7.90. The summed E-state index contributed by atoms with van der Waals surface area (Å²) < 4.78 is 0. The molecule has 0 radical (unpaired) electrons. The summed E-state index contributed by atoms with van der Waals surface area (Å²) in [4.78, 5) is 2.59. The van der Waals surface area contributed by atoms with E-state index < -0.39 is 0 Å². The molecule has 5 nitrogen and oxygen atoms in total. The summed E-state index contributed by atoms with van der Waals surface area (Å²) in [5.41, 5.74) is 7.85. The summed E-state index contributed by atoms with van der Waals surface area (Å²) in [6.45, 7) is 1.58. The number of nitriles is 1. The molecule has 0 aromatic rings. The quantitative estimate of drug-likeness (QED) is 0.201. The first kappa shape index (κ1) is 8.76. The van der Waals surface area contributed by atoms with Crippen LogP contribution in [0.4, 0.5) is 0 Å². The summed E-state index contributed by atoms with van der Waals surface area (Å²) in [6.07, 6.45) is 0.783. The fourth-order valence-electron chi connectivity index (χ4n) is 0.464. The van der Waals surface area contributed by atoms with E-state index in [1.165, 1.54) is 0 Å². The lowest BCUT2D eigenvalue weighted by atomic mass is 10.4. The van der Waals surface area contributed by atoms with Crippen molar-refractivity contribution in [1.82, 2.24) is 5.32 Å². The molecule has 0 heterocycles. The lowest BCUT2D eigenvalue weighted by Crippen LogP contribution is -2.15. The van der Waals surface area contributed by atoms with Crippen molar-refractivity contribution < 1.29 is 0 Å². The minimum absolute atomic E-state index is 0.357. The van der Waals surface area contributed by atoms with Gasteiger partial charge in [-0.05, 0) is 18.5 Å². The number of rotatable bonds is 5. The maximum atomic E-state index is 8.07. The van der Waals surface area contributed by atoms with Crippen molar-refractivity contribution in [2.75, 3.05) is 19.6 Å². The Kier molecular flexibility index (Phi) is 6.80. The topological polar surface area (TPSA) is 84.6 Å². The van der Waals surface area contributed by atoms with Crippen molar-refractivity contribution in [2.45, 2.75) is 6.42 Å². The molecule has 0 saturated heterocycles. The molecule has 10 heavy (non-hydrogen) atoms. The van der Waals surface area contributed by atoms with Crippen molar-refractivity contribution in [3.05, 3.63) is 10.4 Å². The van der Waals surface area contributed by atoms with Gasteiger partial charge in [0.25, 0.3) is 0 Å². The summed E-state index contributed by atoms with van der Waals surface area (Å²) in [5, 5.41) is 14.3. The van der Waals surface area contributed by atoms with E-state index in [9.17, 15) is 0 Å². The molecule has 0 aromatic heterocycles. The molecule has 0 saturated carbocycles. The van der Waals surface area contributed by atoms with Crippen molar-refractivity contribution in [3.8, 4) is 6.07 Å². The Morgan fingerprint density at radius 2 is 2.50 bits per heavy atom. The van der Waals surface area contributed by atoms with Gasteiger partial charge in [0.15, 0.2) is 0 Å². The van der Waals surface area contributed by atoms with Crippen LogP contribution in [-0.2, 0) is 0 Å². The van der Waals surface area contributed by atoms with Gasteiger partial charge in [0.2, 0.25) is 0 Å². The van der Waals surface area contributed by atoms with E-state index in [4.69, 9.17) is 10.8 Å². The molecule has 54 valence electrons. The van der Waals surface area contributed by atoms with E-state index in [1.807, 2.05) is 6.07 Å². The van der Waals surface area contributed by atoms with Crippen LogP contribution in [0.3, 0.4) is 0 Å². The smallest absolute Gasteiger partial charge is 0.0840 e. The first-order chi connectivity index (χ1) is 4.91.